The summed E-state index contributed by atoms with van der Waals surface area (Å²) in [5.74, 6) is 0.817. The van der Waals surface area contributed by atoms with E-state index in [9.17, 15) is 14.4 Å². The Labute approximate surface area is 275 Å². The fourth-order valence-electron chi connectivity index (χ4n) is 6.49. The number of methoxy groups -OCH3 is 3. The number of nitrogens with zero attached hydrogens (tertiary/aromatic N) is 1. The number of carbonyl (C=O) groups is 2. The Morgan fingerprint density at radius 1 is 0.915 bits per heavy atom. The van der Waals surface area contributed by atoms with Crippen LogP contribution in [0.3, 0.4) is 0 Å². The van der Waals surface area contributed by atoms with Gasteiger partial charge in [-0.3, -0.25) is 14.4 Å². The van der Waals surface area contributed by atoms with E-state index < -0.39 is 12.1 Å². The number of anilines is 2. The van der Waals surface area contributed by atoms with E-state index in [0.717, 1.165) is 22.0 Å². The highest BCUT2D eigenvalue weighted by Gasteiger charge is 2.30. The van der Waals surface area contributed by atoms with Gasteiger partial charge in [-0.1, -0.05) is 26.0 Å². The van der Waals surface area contributed by atoms with Gasteiger partial charge in [0.05, 0.1) is 44.3 Å². The van der Waals surface area contributed by atoms with Crippen LogP contribution in [0.25, 0.3) is 22.0 Å². The quantitative estimate of drug-likeness (QED) is 0.182. The van der Waals surface area contributed by atoms with Crippen molar-refractivity contribution in [2.24, 2.45) is 5.92 Å². The number of aryl methyl sites for hydroxylation is 1. The maximum absolute atomic E-state index is 13.9. The van der Waals surface area contributed by atoms with Crippen molar-refractivity contribution in [3.05, 3.63) is 76.1 Å². The van der Waals surface area contributed by atoms with Crippen LogP contribution >= 0.6 is 0 Å². The normalized spacial score (nSPS) is 14.6. The number of ether oxygens (including phenoxy) is 3. The standard InChI is InChI=1S/C37H44N4O6/c1-20(2)34(37(44)40-27-10-9-11-30-25(27)16-17-41(30)21(3)4)39-29-15-13-24-26(19-31(29)43)28(38-22(5)42)14-12-23-18-32(45-6)35(46-7)36(47-8)33(23)24/h9-11,13,15-21,28,34H,12,14H2,1-8H3,(H,38,42)(H,39,43)(H,40,44). The molecule has 10 nitrogen and oxygen atoms in total. The molecule has 3 N–H and O–H groups in total. The summed E-state index contributed by atoms with van der Waals surface area (Å²) in [6.45, 7) is 9.56. The number of benzene rings is 2. The van der Waals surface area contributed by atoms with Crippen molar-refractivity contribution in [2.45, 2.75) is 65.6 Å². The summed E-state index contributed by atoms with van der Waals surface area (Å²) in [6.07, 6.45) is 3.16. The second-order valence-electron chi connectivity index (χ2n) is 12.5. The van der Waals surface area contributed by atoms with Crippen LogP contribution in [0.2, 0.25) is 0 Å². The van der Waals surface area contributed by atoms with Gasteiger partial charge in [-0.05, 0) is 85.7 Å². The molecule has 1 heterocycles. The molecule has 1 aliphatic carbocycles. The van der Waals surface area contributed by atoms with Crippen LogP contribution in [0, 0.1) is 5.92 Å². The van der Waals surface area contributed by atoms with Gasteiger partial charge in [-0.2, -0.15) is 0 Å². The van der Waals surface area contributed by atoms with E-state index in [1.54, 1.807) is 33.5 Å². The number of fused-ring (bicyclic) bond motifs is 4. The van der Waals surface area contributed by atoms with E-state index in [0.29, 0.717) is 46.9 Å². The Kier molecular flexibility index (Phi) is 9.79. The number of aromatic nitrogens is 1. The Hall–Kier alpha value is -4.99. The van der Waals surface area contributed by atoms with Crippen molar-refractivity contribution < 1.29 is 23.8 Å². The molecule has 2 atom stereocenters. The summed E-state index contributed by atoms with van der Waals surface area (Å²) in [5, 5.41) is 10.3. The molecule has 0 spiro atoms. The lowest BCUT2D eigenvalue weighted by molar-refractivity contribution is -0.120. The molecule has 5 rings (SSSR count). The largest absolute Gasteiger partial charge is 0.493 e. The van der Waals surface area contributed by atoms with Crippen LogP contribution in [-0.2, 0) is 16.0 Å². The highest BCUT2D eigenvalue weighted by molar-refractivity contribution is 6.04. The molecule has 2 amide bonds. The van der Waals surface area contributed by atoms with Crippen LogP contribution in [0.1, 0.15) is 64.3 Å². The SMILES string of the molecule is COc1cc2c(c(OC)c1OC)-c1ccc(NC(C(=O)Nc3cccc4c3ccn4C(C)C)C(C)C)c(=O)cc1C(NC(C)=O)CC2. The Balaban J connectivity index is 1.58. The summed E-state index contributed by atoms with van der Waals surface area (Å²) in [7, 11) is 4.68. The Morgan fingerprint density at radius 2 is 1.66 bits per heavy atom. The summed E-state index contributed by atoms with van der Waals surface area (Å²) in [4.78, 5) is 40.0. The zero-order valence-corrected chi connectivity index (χ0v) is 28.3. The first-order valence-electron chi connectivity index (χ1n) is 15.9. The van der Waals surface area contributed by atoms with E-state index in [4.69, 9.17) is 14.2 Å². The third kappa shape index (κ3) is 6.50. The predicted octanol–water partition coefficient (Wildman–Crippen LogP) is 6.47. The number of amides is 2. The van der Waals surface area contributed by atoms with E-state index in [-0.39, 0.29) is 34.9 Å². The average molecular weight is 641 g/mol. The molecule has 1 aliphatic rings. The van der Waals surface area contributed by atoms with Crippen molar-refractivity contribution in [2.75, 3.05) is 32.0 Å². The number of hydrogen-bond donors (Lipinski definition) is 3. The van der Waals surface area contributed by atoms with Gasteiger partial charge in [0.15, 0.2) is 11.5 Å². The highest BCUT2D eigenvalue weighted by Crippen LogP contribution is 2.50. The summed E-state index contributed by atoms with van der Waals surface area (Å²) >= 11 is 0. The molecule has 0 aliphatic heterocycles. The van der Waals surface area contributed by atoms with Crippen LogP contribution in [0.4, 0.5) is 11.4 Å². The van der Waals surface area contributed by atoms with Gasteiger partial charge >= 0.3 is 0 Å². The van der Waals surface area contributed by atoms with Gasteiger partial charge in [0, 0.05) is 30.1 Å². The van der Waals surface area contributed by atoms with Crippen LogP contribution in [0.15, 0.2) is 59.5 Å². The smallest absolute Gasteiger partial charge is 0.247 e. The summed E-state index contributed by atoms with van der Waals surface area (Å²) in [5.41, 5.74) is 4.75. The molecular formula is C37H44N4O6. The third-order valence-corrected chi connectivity index (χ3v) is 8.75. The zero-order valence-electron chi connectivity index (χ0n) is 28.3. The molecule has 0 saturated heterocycles. The predicted molar refractivity (Wildman–Crippen MR) is 186 cm³/mol. The molecule has 248 valence electrons. The van der Waals surface area contributed by atoms with E-state index in [1.807, 2.05) is 56.4 Å². The fraction of sp³-hybridized carbons (Fsp3) is 0.378. The highest BCUT2D eigenvalue weighted by atomic mass is 16.5. The van der Waals surface area contributed by atoms with Crippen molar-refractivity contribution in [1.82, 2.24) is 9.88 Å². The molecule has 0 radical (unpaired) electrons. The minimum absolute atomic E-state index is 0.151. The molecule has 4 aromatic rings. The van der Waals surface area contributed by atoms with Gasteiger partial charge in [-0.25, -0.2) is 0 Å². The lowest BCUT2D eigenvalue weighted by Gasteiger charge is -2.22. The molecule has 3 aromatic carbocycles. The Bertz CT molecular complexity index is 1880. The Morgan fingerprint density at radius 3 is 2.30 bits per heavy atom. The van der Waals surface area contributed by atoms with Crippen molar-refractivity contribution in [3.8, 4) is 28.4 Å². The number of carbonyl (C=O) groups excluding carboxylic acids is 2. The number of hydrogen-bond acceptors (Lipinski definition) is 7. The van der Waals surface area contributed by atoms with Crippen molar-refractivity contribution >= 4 is 34.1 Å². The molecule has 0 bridgehead atoms. The second-order valence-corrected chi connectivity index (χ2v) is 12.5. The fourth-order valence-corrected chi connectivity index (χ4v) is 6.49. The van der Waals surface area contributed by atoms with Gasteiger partial charge < -0.3 is 34.7 Å². The van der Waals surface area contributed by atoms with Gasteiger partial charge in [0.2, 0.25) is 23.0 Å². The first-order valence-corrected chi connectivity index (χ1v) is 15.9. The monoisotopic (exact) mass is 640 g/mol. The molecular weight excluding hydrogens is 596 g/mol. The van der Waals surface area contributed by atoms with Crippen LogP contribution < -0.4 is 35.6 Å². The maximum Gasteiger partial charge on any atom is 0.247 e. The third-order valence-electron chi connectivity index (χ3n) is 8.75. The lowest BCUT2D eigenvalue weighted by Crippen LogP contribution is -2.40. The molecule has 2 unspecified atom stereocenters. The summed E-state index contributed by atoms with van der Waals surface area (Å²) < 4.78 is 19.4. The van der Waals surface area contributed by atoms with Crippen molar-refractivity contribution in [3.63, 3.8) is 0 Å². The molecule has 0 saturated carbocycles. The molecule has 10 heteroatoms. The van der Waals surface area contributed by atoms with E-state index in [1.165, 1.54) is 6.92 Å². The topological polar surface area (TPSA) is 120 Å². The first kappa shape index (κ1) is 33.4. The van der Waals surface area contributed by atoms with Crippen molar-refractivity contribution in [1.29, 1.82) is 0 Å². The van der Waals surface area contributed by atoms with Gasteiger partial charge in [0.1, 0.15) is 6.04 Å². The van der Waals surface area contributed by atoms with E-state index in [2.05, 4.69) is 34.4 Å². The van der Waals surface area contributed by atoms with Crippen LogP contribution in [-0.4, -0.2) is 43.8 Å². The van der Waals surface area contributed by atoms with Gasteiger partial charge in [-0.15, -0.1) is 0 Å². The maximum atomic E-state index is 13.9. The second kappa shape index (κ2) is 13.8. The van der Waals surface area contributed by atoms with Gasteiger partial charge in [0.25, 0.3) is 0 Å². The molecule has 0 fully saturated rings. The zero-order chi connectivity index (χ0) is 34.0. The number of rotatable bonds is 10. The summed E-state index contributed by atoms with van der Waals surface area (Å²) in [6, 6.07) is 14.0. The first-order chi connectivity index (χ1) is 22.5. The van der Waals surface area contributed by atoms with E-state index >= 15 is 0 Å². The molecule has 1 aromatic heterocycles. The molecule has 47 heavy (non-hydrogen) atoms. The average Bonchev–Trinajstić information content (AvgIpc) is 3.35. The van der Waals surface area contributed by atoms with Crippen LogP contribution in [0.5, 0.6) is 17.2 Å². The number of nitrogens with one attached hydrogen (secondary N) is 3. The minimum Gasteiger partial charge on any atom is -0.493 e. The lowest BCUT2D eigenvalue weighted by atomic mass is 9.95. The minimum atomic E-state index is -0.718.